The fraction of sp³-hybridized carbons (Fsp3) is 0.333. The lowest BCUT2D eigenvalue weighted by atomic mass is 9.52. The molecule has 0 aliphatic carbocycles. The molecule has 2 unspecified atom stereocenters. The van der Waals surface area contributed by atoms with Gasteiger partial charge in [0.25, 0.3) is 0 Å². The van der Waals surface area contributed by atoms with E-state index in [1.807, 2.05) is 30.7 Å². The van der Waals surface area contributed by atoms with Gasteiger partial charge in [-0.25, -0.2) is 0 Å². The highest BCUT2D eigenvalue weighted by Crippen LogP contribution is 2.30. The van der Waals surface area contributed by atoms with E-state index in [2.05, 4.69) is 67.6 Å². The molecule has 2 rings (SSSR count). The van der Waals surface area contributed by atoms with Crippen molar-refractivity contribution in [1.29, 1.82) is 0 Å². The van der Waals surface area contributed by atoms with Gasteiger partial charge in [0.1, 0.15) is 0 Å². The summed E-state index contributed by atoms with van der Waals surface area (Å²) in [4.78, 5) is 0. The molecule has 2 aromatic carbocycles. The Labute approximate surface area is 145 Å². The Morgan fingerprint density at radius 1 is 0.864 bits per heavy atom. The molecular weight excluding hydrogens is 302 g/mol. The predicted octanol–water partition coefficient (Wildman–Crippen LogP) is 4.75. The van der Waals surface area contributed by atoms with E-state index in [9.17, 15) is 0 Å². The quantitative estimate of drug-likeness (QED) is 0.611. The molecule has 0 fully saturated rings. The summed E-state index contributed by atoms with van der Waals surface area (Å²) in [6.07, 6.45) is 1.14. The molecule has 0 bridgehead atoms. The first kappa shape index (κ1) is 17.6. The van der Waals surface area contributed by atoms with Crippen LogP contribution in [0.25, 0.3) is 0 Å². The Hall–Kier alpha value is -0.730. The Morgan fingerprint density at radius 3 is 1.82 bits per heavy atom. The molecule has 0 aliphatic rings. The van der Waals surface area contributed by atoms with Crippen LogP contribution in [-0.4, -0.2) is 25.3 Å². The summed E-state index contributed by atoms with van der Waals surface area (Å²) >= 11 is 3.95. The maximum absolute atomic E-state index is 5.92. The largest absolute Gasteiger partial charge is 0.162 e. The van der Waals surface area contributed by atoms with Gasteiger partial charge in [-0.15, -0.1) is 0 Å². The van der Waals surface area contributed by atoms with E-state index in [-0.39, 0.29) is 0 Å². The van der Waals surface area contributed by atoms with Crippen LogP contribution >= 0.6 is 23.5 Å². The number of thioether (sulfide) groups is 2. The van der Waals surface area contributed by atoms with Crippen LogP contribution in [0.1, 0.15) is 24.5 Å². The summed E-state index contributed by atoms with van der Waals surface area (Å²) in [6.45, 7) is 2.25. The van der Waals surface area contributed by atoms with Gasteiger partial charge in [-0.3, -0.25) is 0 Å². The van der Waals surface area contributed by atoms with Crippen LogP contribution < -0.4 is 0 Å². The van der Waals surface area contributed by atoms with Gasteiger partial charge in [-0.1, -0.05) is 67.6 Å². The van der Waals surface area contributed by atoms with E-state index in [1.54, 1.807) is 0 Å². The average molecular weight is 323 g/mol. The lowest BCUT2D eigenvalue weighted by Gasteiger charge is -2.25. The molecule has 2 aromatic rings. The van der Waals surface area contributed by atoms with Crippen molar-refractivity contribution in [2.45, 2.75) is 35.2 Å². The monoisotopic (exact) mass is 323 g/mol. The van der Waals surface area contributed by atoms with Gasteiger partial charge in [0.05, 0.1) is 7.17 Å². The minimum atomic E-state index is 0.388. The number of hydrogen-bond acceptors (Lipinski definition) is 2. The summed E-state index contributed by atoms with van der Waals surface area (Å²) in [7, 11) is 7.80. The van der Waals surface area contributed by atoms with Crippen LogP contribution in [0, 0.1) is 0 Å². The molecule has 4 heteroatoms. The molecule has 0 N–H and O–H groups in total. The topological polar surface area (TPSA) is 0 Å². The lowest BCUT2D eigenvalue weighted by Crippen LogP contribution is -2.26. The van der Waals surface area contributed by atoms with Gasteiger partial charge in [0, 0.05) is 24.5 Å². The first-order valence-corrected chi connectivity index (χ1v) is 9.79. The third-order valence-electron chi connectivity index (χ3n) is 3.55. The minimum absolute atomic E-state index is 0.388. The van der Waals surface area contributed by atoms with E-state index >= 15 is 0 Å². The van der Waals surface area contributed by atoms with Gasteiger partial charge >= 0.3 is 0 Å². The van der Waals surface area contributed by atoms with Crippen LogP contribution in [0.3, 0.4) is 0 Å². The van der Waals surface area contributed by atoms with Gasteiger partial charge in [0.15, 0.2) is 0 Å². The van der Waals surface area contributed by atoms with E-state index in [4.69, 9.17) is 7.74 Å². The molecule has 0 aromatic heterocycles. The molecule has 3 radical (unpaired) electrons. The van der Waals surface area contributed by atoms with Crippen LogP contribution in [0.4, 0.5) is 0 Å². The van der Waals surface area contributed by atoms with E-state index in [0.717, 1.165) is 17.9 Å². The van der Waals surface area contributed by atoms with Crippen molar-refractivity contribution in [3.63, 3.8) is 0 Å². The standard InChI is InChI=1S/C18H21B2S2/c1-2-17(21-13-15-9-5-3-6-10-15)18(20-19)22-14-16-11-7-4-8-12-16/h3-12,17-18H,2,13-14H2,1H3. The second-order valence-corrected chi connectivity index (χ2v) is 7.59. The number of rotatable bonds is 9. The van der Waals surface area contributed by atoms with Crippen molar-refractivity contribution >= 4 is 38.4 Å². The second kappa shape index (κ2) is 10.1. The highest BCUT2D eigenvalue weighted by molar-refractivity contribution is 8.04. The molecule has 0 saturated heterocycles. The molecule has 111 valence electrons. The third kappa shape index (κ3) is 5.81. The van der Waals surface area contributed by atoms with Crippen LogP contribution in [0.5, 0.6) is 0 Å². The van der Waals surface area contributed by atoms with Crippen LogP contribution in [0.15, 0.2) is 60.7 Å². The number of hydrogen-bond donors (Lipinski definition) is 0. The summed E-state index contributed by atoms with van der Waals surface area (Å²) in [5, 5.41) is 0.942. The van der Waals surface area contributed by atoms with E-state index < -0.39 is 0 Å². The zero-order valence-electron chi connectivity index (χ0n) is 13.0. The maximum atomic E-state index is 5.92. The van der Waals surface area contributed by atoms with Crippen molar-refractivity contribution in [2.75, 3.05) is 0 Å². The third-order valence-corrected chi connectivity index (χ3v) is 6.65. The predicted molar refractivity (Wildman–Crippen MR) is 105 cm³/mol. The van der Waals surface area contributed by atoms with Crippen LogP contribution in [-0.2, 0) is 11.5 Å². The smallest absolute Gasteiger partial charge is 0.0737 e. The first-order chi connectivity index (χ1) is 10.8. The molecule has 0 nitrogen and oxygen atoms in total. The van der Waals surface area contributed by atoms with Crippen molar-refractivity contribution in [3.8, 4) is 0 Å². The molecule has 0 heterocycles. The molecule has 0 saturated carbocycles. The van der Waals surface area contributed by atoms with E-state index in [0.29, 0.717) is 10.4 Å². The fourth-order valence-corrected chi connectivity index (χ4v) is 4.96. The summed E-state index contributed by atoms with van der Waals surface area (Å²) in [5.41, 5.74) is 2.75. The fourth-order valence-electron chi connectivity index (χ4n) is 2.28. The lowest BCUT2D eigenvalue weighted by molar-refractivity contribution is 0.882. The highest BCUT2D eigenvalue weighted by atomic mass is 32.2. The molecule has 2 atom stereocenters. The van der Waals surface area contributed by atoms with Crippen molar-refractivity contribution < 1.29 is 0 Å². The molecule has 0 amide bonds. The Bertz CT molecular complexity index is 470. The van der Waals surface area contributed by atoms with Crippen molar-refractivity contribution in [3.05, 3.63) is 71.8 Å². The molecular formula is C18H21B2S2. The van der Waals surface area contributed by atoms with E-state index in [1.165, 1.54) is 11.1 Å². The zero-order chi connectivity index (χ0) is 15.6. The maximum Gasteiger partial charge on any atom is 0.0737 e. The molecule has 0 aliphatic heterocycles. The van der Waals surface area contributed by atoms with Gasteiger partial charge < -0.3 is 0 Å². The average Bonchev–Trinajstić information content (AvgIpc) is 2.59. The summed E-state index contributed by atoms with van der Waals surface area (Å²) < 4.78 is 0. The van der Waals surface area contributed by atoms with Crippen molar-refractivity contribution in [1.82, 2.24) is 0 Å². The Balaban J connectivity index is 1.86. The van der Waals surface area contributed by atoms with Crippen molar-refractivity contribution in [2.24, 2.45) is 0 Å². The van der Waals surface area contributed by atoms with Gasteiger partial charge in [-0.2, -0.15) is 23.5 Å². The molecule has 0 spiro atoms. The normalized spacial score (nSPS) is 13.5. The zero-order valence-corrected chi connectivity index (χ0v) is 14.7. The van der Waals surface area contributed by atoms with Gasteiger partial charge in [0.2, 0.25) is 0 Å². The Kier molecular flexibility index (Phi) is 8.11. The summed E-state index contributed by atoms with van der Waals surface area (Å²) in [5.74, 6) is 2.07. The second-order valence-electron chi connectivity index (χ2n) is 5.20. The minimum Gasteiger partial charge on any atom is -0.162 e. The van der Waals surface area contributed by atoms with Crippen LogP contribution in [0.2, 0.25) is 0 Å². The molecule has 22 heavy (non-hydrogen) atoms. The first-order valence-electron chi connectivity index (χ1n) is 7.69. The Morgan fingerprint density at radius 2 is 1.36 bits per heavy atom. The van der Waals surface area contributed by atoms with Gasteiger partial charge in [-0.05, 0) is 22.7 Å². The summed E-state index contributed by atoms with van der Waals surface area (Å²) in [6, 6.07) is 21.3. The SMILES string of the molecule is [B][B]C(SCc1ccccc1)C(CC)SCc1ccccc1. The highest BCUT2D eigenvalue weighted by Gasteiger charge is 2.19. The number of benzene rings is 2.